The average Bonchev–Trinajstić information content (AvgIpc) is 2.45. The van der Waals surface area contributed by atoms with Gasteiger partial charge in [-0.25, -0.2) is 13.6 Å². The maximum atomic E-state index is 13.7. The molecule has 0 heterocycles. The Hall–Kier alpha value is -2.27. The molecule has 0 amide bonds. The first-order valence-corrected chi connectivity index (χ1v) is 6.48. The molecule has 2 aromatic rings. The molecule has 0 spiro atoms. The molecular weight excluding hydrogens is 276 g/mol. The van der Waals surface area contributed by atoms with Crippen molar-refractivity contribution in [3.8, 4) is 0 Å². The van der Waals surface area contributed by atoms with Gasteiger partial charge in [-0.3, -0.25) is 0 Å². The van der Waals surface area contributed by atoms with Crippen molar-refractivity contribution in [2.75, 3.05) is 0 Å². The predicted molar refractivity (Wildman–Crippen MR) is 75.0 cm³/mol. The molecule has 0 aromatic heterocycles. The monoisotopic (exact) mass is 291 g/mol. The molecule has 1 atom stereocenters. The van der Waals surface area contributed by atoms with Gasteiger partial charge in [0.15, 0.2) is 0 Å². The standard InChI is InChI=1S/C16H15F2NO2/c1-10(11-3-2-4-14(17)8-11)19-9-13-7-12(16(20)21)5-6-15(13)18/h2-8,10,19H,9H2,1H3,(H,20,21)/t10-/m1/s1. The van der Waals surface area contributed by atoms with Gasteiger partial charge >= 0.3 is 5.97 Å². The van der Waals surface area contributed by atoms with Crippen molar-refractivity contribution in [3.63, 3.8) is 0 Å². The zero-order chi connectivity index (χ0) is 15.4. The Balaban J connectivity index is 2.09. The third-order valence-electron chi connectivity index (χ3n) is 3.24. The SMILES string of the molecule is C[C@@H](NCc1cc(C(=O)O)ccc1F)c1cccc(F)c1. The predicted octanol–water partition coefficient (Wildman–Crippen LogP) is 3.51. The molecule has 0 saturated heterocycles. The molecule has 0 aliphatic heterocycles. The number of benzene rings is 2. The van der Waals surface area contributed by atoms with Crippen LogP contribution in [-0.4, -0.2) is 11.1 Å². The molecule has 5 heteroatoms. The molecule has 0 aliphatic carbocycles. The Kier molecular flexibility index (Phi) is 4.65. The molecule has 2 rings (SSSR count). The number of carboxylic acid groups (broad SMARTS) is 1. The largest absolute Gasteiger partial charge is 0.478 e. The summed E-state index contributed by atoms with van der Waals surface area (Å²) in [5.74, 6) is -1.91. The summed E-state index contributed by atoms with van der Waals surface area (Å²) in [6.07, 6.45) is 0. The molecule has 0 bridgehead atoms. The third-order valence-corrected chi connectivity index (χ3v) is 3.24. The van der Waals surface area contributed by atoms with Crippen LogP contribution in [0.15, 0.2) is 42.5 Å². The smallest absolute Gasteiger partial charge is 0.335 e. The molecule has 110 valence electrons. The lowest BCUT2D eigenvalue weighted by atomic mass is 10.1. The fourth-order valence-corrected chi connectivity index (χ4v) is 2.00. The molecule has 3 nitrogen and oxygen atoms in total. The van der Waals surface area contributed by atoms with Crippen LogP contribution in [0.4, 0.5) is 8.78 Å². The molecule has 21 heavy (non-hydrogen) atoms. The van der Waals surface area contributed by atoms with Crippen molar-refractivity contribution in [1.29, 1.82) is 0 Å². The van der Waals surface area contributed by atoms with Crippen LogP contribution in [0.2, 0.25) is 0 Å². The molecular formula is C16H15F2NO2. The first-order valence-electron chi connectivity index (χ1n) is 6.48. The van der Waals surface area contributed by atoms with Crippen molar-refractivity contribution >= 4 is 5.97 Å². The molecule has 0 saturated carbocycles. The lowest BCUT2D eigenvalue weighted by Gasteiger charge is -2.15. The van der Waals surface area contributed by atoms with Gasteiger partial charge in [0.1, 0.15) is 11.6 Å². The molecule has 2 aromatic carbocycles. The van der Waals surface area contributed by atoms with E-state index in [1.807, 2.05) is 6.92 Å². The zero-order valence-corrected chi connectivity index (χ0v) is 11.4. The first kappa shape index (κ1) is 15.1. The van der Waals surface area contributed by atoms with Crippen LogP contribution in [0.1, 0.15) is 34.5 Å². The first-order chi connectivity index (χ1) is 9.97. The van der Waals surface area contributed by atoms with Crippen molar-refractivity contribution in [1.82, 2.24) is 5.32 Å². The molecule has 0 radical (unpaired) electrons. The maximum absolute atomic E-state index is 13.7. The number of nitrogens with one attached hydrogen (secondary N) is 1. The van der Waals surface area contributed by atoms with Crippen LogP contribution in [0.25, 0.3) is 0 Å². The third kappa shape index (κ3) is 3.86. The topological polar surface area (TPSA) is 49.3 Å². The average molecular weight is 291 g/mol. The minimum absolute atomic E-state index is 0.0339. The Labute approximate surface area is 121 Å². The Morgan fingerprint density at radius 2 is 2.00 bits per heavy atom. The lowest BCUT2D eigenvalue weighted by molar-refractivity contribution is 0.0696. The van der Waals surface area contributed by atoms with E-state index in [1.165, 1.54) is 24.3 Å². The van der Waals surface area contributed by atoms with Crippen molar-refractivity contribution in [2.45, 2.75) is 19.5 Å². The summed E-state index contributed by atoms with van der Waals surface area (Å²) >= 11 is 0. The highest BCUT2D eigenvalue weighted by molar-refractivity contribution is 5.87. The fraction of sp³-hybridized carbons (Fsp3) is 0.188. The summed E-state index contributed by atoms with van der Waals surface area (Å²) in [4.78, 5) is 10.9. The van der Waals surface area contributed by atoms with Gasteiger partial charge in [-0.05, 0) is 42.8 Å². The minimum Gasteiger partial charge on any atom is -0.478 e. The zero-order valence-electron chi connectivity index (χ0n) is 11.4. The van der Waals surface area contributed by atoms with Gasteiger partial charge in [0.2, 0.25) is 0 Å². The lowest BCUT2D eigenvalue weighted by Crippen LogP contribution is -2.19. The molecule has 0 fully saturated rings. The summed E-state index contributed by atoms with van der Waals surface area (Å²) in [5, 5.41) is 12.0. The van der Waals surface area contributed by atoms with E-state index in [2.05, 4.69) is 5.32 Å². The van der Waals surface area contributed by atoms with E-state index in [0.717, 1.165) is 11.6 Å². The van der Waals surface area contributed by atoms with Gasteiger partial charge < -0.3 is 10.4 Å². The number of carbonyl (C=O) groups is 1. The van der Waals surface area contributed by atoms with E-state index in [4.69, 9.17) is 5.11 Å². The number of carboxylic acids is 1. The highest BCUT2D eigenvalue weighted by Gasteiger charge is 2.10. The Morgan fingerprint density at radius 1 is 1.24 bits per heavy atom. The van der Waals surface area contributed by atoms with Crippen LogP contribution in [0.5, 0.6) is 0 Å². The van der Waals surface area contributed by atoms with Gasteiger partial charge in [-0.1, -0.05) is 12.1 Å². The molecule has 2 N–H and O–H groups in total. The van der Waals surface area contributed by atoms with E-state index < -0.39 is 11.8 Å². The fourth-order valence-electron chi connectivity index (χ4n) is 2.00. The van der Waals surface area contributed by atoms with E-state index in [0.29, 0.717) is 0 Å². The number of rotatable bonds is 5. The summed E-state index contributed by atoms with van der Waals surface area (Å²) in [6.45, 7) is 1.98. The van der Waals surface area contributed by atoms with E-state index in [-0.39, 0.29) is 29.5 Å². The number of halogens is 2. The summed E-state index contributed by atoms with van der Waals surface area (Å²) in [6, 6.07) is 9.59. The summed E-state index contributed by atoms with van der Waals surface area (Å²) < 4.78 is 26.8. The summed E-state index contributed by atoms with van der Waals surface area (Å²) in [5.41, 5.74) is 1.04. The van der Waals surface area contributed by atoms with Crippen LogP contribution < -0.4 is 5.32 Å². The summed E-state index contributed by atoms with van der Waals surface area (Å²) in [7, 11) is 0. The Morgan fingerprint density at radius 3 is 2.67 bits per heavy atom. The van der Waals surface area contributed by atoms with Crippen LogP contribution in [0, 0.1) is 11.6 Å². The highest BCUT2D eigenvalue weighted by Crippen LogP contribution is 2.16. The quantitative estimate of drug-likeness (QED) is 0.886. The minimum atomic E-state index is -1.10. The van der Waals surface area contributed by atoms with Gasteiger partial charge in [0.25, 0.3) is 0 Å². The second kappa shape index (κ2) is 6.45. The van der Waals surface area contributed by atoms with Crippen LogP contribution >= 0.6 is 0 Å². The maximum Gasteiger partial charge on any atom is 0.335 e. The van der Waals surface area contributed by atoms with Gasteiger partial charge in [0, 0.05) is 18.2 Å². The number of hydrogen-bond acceptors (Lipinski definition) is 2. The van der Waals surface area contributed by atoms with Gasteiger partial charge in [-0.2, -0.15) is 0 Å². The van der Waals surface area contributed by atoms with Crippen LogP contribution in [-0.2, 0) is 6.54 Å². The number of hydrogen-bond donors (Lipinski definition) is 2. The number of aromatic carboxylic acids is 1. The highest BCUT2D eigenvalue weighted by atomic mass is 19.1. The molecule has 0 aliphatic rings. The normalized spacial score (nSPS) is 12.1. The van der Waals surface area contributed by atoms with Crippen molar-refractivity contribution < 1.29 is 18.7 Å². The van der Waals surface area contributed by atoms with E-state index >= 15 is 0 Å². The van der Waals surface area contributed by atoms with Crippen molar-refractivity contribution in [3.05, 3.63) is 70.8 Å². The van der Waals surface area contributed by atoms with E-state index in [1.54, 1.807) is 12.1 Å². The second-order valence-electron chi connectivity index (χ2n) is 4.77. The Bertz CT molecular complexity index is 658. The van der Waals surface area contributed by atoms with E-state index in [9.17, 15) is 13.6 Å². The second-order valence-corrected chi connectivity index (χ2v) is 4.77. The molecule has 0 unspecified atom stereocenters. The van der Waals surface area contributed by atoms with Crippen molar-refractivity contribution in [2.24, 2.45) is 0 Å². The van der Waals surface area contributed by atoms with Crippen LogP contribution in [0.3, 0.4) is 0 Å². The van der Waals surface area contributed by atoms with Gasteiger partial charge in [0.05, 0.1) is 5.56 Å². The van der Waals surface area contributed by atoms with Gasteiger partial charge in [-0.15, -0.1) is 0 Å².